The lowest BCUT2D eigenvalue weighted by Gasteiger charge is -2.19. The number of nitrogens with zero attached hydrogens (tertiary/aromatic N) is 5. The molecule has 0 aliphatic rings. The molecule has 3 rings (SSSR count). The van der Waals surface area contributed by atoms with Crippen molar-refractivity contribution in [3.05, 3.63) is 66.8 Å². The van der Waals surface area contributed by atoms with Gasteiger partial charge in [-0.15, -0.1) is 11.7 Å². The summed E-state index contributed by atoms with van der Waals surface area (Å²) in [6.45, 7) is 5.97. The van der Waals surface area contributed by atoms with Crippen LogP contribution >= 0.6 is 0 Å². The fourth-order valence-electron chi connectivity index (χ4n) is 2.16. The van der Waals surface area contributed by atoms with Crippen molar-refractivity contribution in [3.63, 3.8) is 0 Å². The van der Waals surface area contributed by atoms with Crippen LogP contribution in [0.5, 0.6) is 0 Å². The average molecular weight is 293 g/mol. The molecule has 3 aromatic rings. The molecule has 0 radical (unpaired) electrons. The van der Waals surface area contributed by atoms with E-state index in [9.17, 15) is 4.79 Å². The van der Waals surface area contributed by atoms with E-state index in [0.29, 0.717) is 12.3 Å². The number of anilines is 1. The van der Waals surface area contributed by atoms with Gasteiger partial charge in [-0.3, -0.25) is 4.79 Å². The average Bonchev–Trinajstić information content (AvgIpc) is 2.98. The summed E-state index contributed by atoms with van der Waals surface area (Å²) in [6.07, 6.45) is 3.32. The van der Waals surface area contributed by atoms with Gasteiger partial charge in [-0.05, 0) is 25.1 Å². The summed E-state index contributed by atoms with van der Waals surface area (Å²) in [5.74, 6) is 0.249. The molecule has 6 heteroatoms. The highest BCUT2D eigenvalue weighted by atomic mass is 16.2. The monoisotopic (exact) mass is 293 g/mol. The van der Waals surface area contributed by atoms with Gasteiger partial charge in [0.25, 0.3) is 11.7 Å². The van der Waals surface area contributed by atoms with Crippen LogP contribution in [0.15, 0.2) is 55.3 Å². The van der Waals surface area contributed by atoms with Gasteiger partial charge >= 0.3 is 0 Å². The minimum Gasteiger partial charge on any atom is -0.302 e. The number of carbonyl (C=O) groups excluding carboxylic acids is 1. The first-order chi connectivity index (χ1) is 10.7. The number of aromatic nitrogens is 4. The Morgan fingerprint density at radius 3 is 2.77 bits per heavy atom. The van der Waals surface area contributed by atoms with Crippen molar-refractivity contribution in [1.82, 2.24) is 19.6 Å². The Labute approximate surface area is 127 Å². The van der Waals surface area contributed by atoms with Crippen molar-refractivity contribution >= 4 is 17.4 Å². The Kier molecular flexibility index (Phi) is 3.65. The van der Waals surface area contributed by atoms with E-state index in [1.165, 1.54) is 0 Å². The Balaban J connectivity index is 2.02. The molecule has 0 spiro atoms. The lowest BCUT2D eigenvalue weighted by molar-refractivity contribution is 0.0980. The molecule has 0 fully saturated rings. The third kappa shape index (κ3) is 2.46. The molecule has 6 nitrogen and oxygen atoms in total. The molecule has 0 saturated heterocycles. The van der Waals surface area contributed by atoms with Crippen molar-refractivity contribution in [3.8, 4) is 0 Å². The number of para-hydroxylation sites is 1. The maximum absolute atomic E-state index is 12.7. The Morgan fingerprint density at radius 2 is 2.09 bits per heavy atom. The van der Waals surface area contributed by atoms with Crippen LogP contribution in [0.25, 0.3) is 5.78 Å². The van der Waals surface area contributed by atoms with Crippen molar-refractivity contribution in [2.24, 2.45) is 0 Å². The molecule has 0 bridgehead atoms. The molecular formula is C16H15N5O. The zero-order chi connectivity index (χ0) is 15.5. The third-order valence-corrected chi connectivity index (χ3v) is 3.25. The smallest absolute Gasteiger partial charge is 0.298 e. The van der Waals surface area contributed by atoms with Gasteiger partial charge in [-0.1, -0.05) is 24.3 Å². The number of aryl methyl sites for hydroxylation is 1. The molecule has 0 saturated carbocycles. The largest absolute Gasteiger partial charge is 0.302 e. The molecule has 22 heavy (non-hydrogen) atoms. The summed E-state index contributed by atoms with van der Waals surface area (Å²) in [4.78, 5) is 22.6. The Hall–Kier alpha value is -3.02. The van der Waals surface area contributed by atoms with Gasteiger partial charge in [0.2, 0.25) is 5.82 Å². The first-order valence-electron chi connectivity index (χ1n) is 6.87. The second kappa shape index (κ2) is 5.77. The molecule has 0 atom stereocenters. The molecule has 1 amide bonds. The fourth-order valence-corrected chi connectivity index (χ4v) is 2.16. The van der Waals surface area contributed by atoms with E-state index in [1.54, 1.807) is 21.7 Å². The first kappa shape index (κ1) is 13.9. The molecule has 1 aromatic carbocycles. The number of benzene rings is 1. The fraction of sp³-hybridized carbons (Fsp3) is 0.125. The Bertz CT molecular complexity index is 825. The van der Waals surface area contributed by atoms with Crippen LogP contribution < -0.4 is 4.90 Å². The van der Waals surface area contributed by atoms with Gasteiger partial charge in [-0.25, -0.2) is 9.50 Å². The minimum absolute atomic E-state index is 0.118. The maximum atomic E-state index is 12.7. The van der Waals surface area contributed by atoms with Crippen molar-refractivity contribution < 1.29 is 4.79 Å². The quantitative estimate of drug-likeness (QED) is 0.692. The lowest BCUT2D eigenvalue weighted by Crippen LogP contribution is -2.31. The standard InChI is InChI=1S/C16H15N5O/c1-3-11-20(13-7-5-4-6-8-13)15(22)14-18-16-17-10-9-12(2)21(16)19-14/h3-10H,1,11H2,2H3. The van der Waals surface area contributed by atoms with Crippen molar-refractivity contribution in [2.75, 3.05) is 11.4 Å². The summed E-state index contributed by atoms with van der Waals surface area (Å²) >= 11 is 0. The van der Waals surface area contributed by atoms with Crippen LogP contribution in [0.2, 0.25) is 0 Å². The van der Waals surface area contributed by atoms with Crippen LogP contribution in [-0.4, -0.2) is 32.0 Å². The maximum Gasteiger partial charge on any atom is 0.298 e. The van der Waals surface area contributed by atoms with Gasteiger partial charge in [0.15, 0.2) is 0 Å². The highest BCUT2D eigenvalue weighted by Gasteiger charge is 2.21. The zero-order valence-corrected chi connectivity index (χ0v) is 12.2. The van der Waals surface area contributed by atoms with Crippen LogP contribution in [0.3, 0.4) is 0 Å². The summed E-state index contributed by atoms with van der Waals surface area (Å²) in [6, 6.07) is 11.2. The van der Waals surface area contributed by atoms with Crippen molar-refractivity contribution in [1.29, 1.82) is 0 Å². The summed E-state index contributed by atoms with van der Waals surface area (Å²) in [5.41, 5.74) is 1.64. The third-order valence-electron chi connectivity index (χ3n) is 3.25. The topological polar surface area (TPSA) is 63.4 Å². The van der Waals surface area contributed by atoms with Crippen LogP contribution in [0, 0.1) is 6.92 Å². The van der Waals surface area contributed by atoms with E-state index in [1.807, 2.05) is 43.3 Å². The number of hydrogen-bond acceptors (Lipinski definition) is 4. The number of rotatable bonds is 4. The van der Waals surface area contributed by atoms with Gasteiger partial charge < -0.3 is 4.90 Å². The highest BCUT2D eigenvalue weighted by Crippen LogP contribution is 2.16. The molecular weight excluding hydrogens is 278 g/mol. The molecule has 0 aliphatic carbocycles. The SMILES string of the molecule is C=CCN(C(=O)c1nc2nccc(C)n2n1)c1ccccc1. The zero-order valence-electron chi connectivity index (χ0n) is 12.2. The summed E-state index contributed by atoms with van der Waals surface area (Å²) in [5, 5.41) is 4.26. The minimum atomic E-state index is -0.281. The predicted molar refractivity (Wildman–Crippen MR) is 83.8 cm³/mol. The van der Waals surface area contributed by atoms with Crippen LogP contribution in [0.4, 0.5) is 5.69 Å². The van der Waals surface area contributed by atoms with Crippen molar-refractivity contribution in [2.45, 2.75) is 6.92 Å². The van der Waals surface area contributed by atoms with Gasteiger partial charge in [0, 0.05) is 24.1 Å². The van der Waals surface area contributed by atoms with E-state index in [2.05, 4.69) is 21.6 Å². The van der Waals surface area contributed by atoms with E-state index >= 15 is 0 Å². The molecule has 0 unspecified atom stereocenters. The highest BCUT2D eigenvalue weighted by molar-refractivity contribution is 6.03. The van der Waals surface area contributed by atoms with Gasteiger partial charge in [-0.2, -0.15) is 4.98 Å². The van der Waals surface area contributed by atoms with E-state index in [-0.39, 0.29) is 11.7 Å². The van der Waals surface area contributed by atoms with E-state index in [0.717, 1.165) is 11.4 Å². The lowest BCUT2D eigenvalue weighted by atomic mass is 10.2. The second-order valence-electron chi connectivity index (χ2n) is 4.77. The molecule has 0 aliphatic heterocycles. The molecule has 0 N–H and O–H groups in total. The molecule has 2 aromatic heterocycles. The Morgan fingerprint density at radius 1 is 1.32 bits per heavy atom. The predicted octanol–water partition coefficient (Wildman–Crippen LogP) is 2.27. The second-order valence-corrected chi connectivity index (χ2v) is 4.77. The van der Waals surface area contributed by atoms with Gasteiger partial charge in [0.1, 0.15) is 0 Å². The molecule has 110 valence electrons. The number of amides is 1. The summed E-state index contributed by atoms with van der Waals surface area (Å²) < 4.78 is 1.56. The summed E-state index contributed by atoms with van der Waals surface area (Å²) in [7, 11) is 0. The number of hydrogen-bond donors (Lipinski definition) is 0. The molecule has 2 heterocycles. The van der Waals surface area contributed by atoms with E-state index in [4.69, 9.17) is 0 Å². The number of carbonyl (C=O) groups is 1. The van der Waals surface area contributed by atoms with Crippen LogP contribution in [-0.2, 0) is 0 Å². The normalized spacial score (nSPS) is 10.6. The number of fused-ring (bicyclic) bond motifs is 1. The van der Waals surface area contributed by atoms with Crippen LogP contribution in [0.1, 0.15) is 16.3 Å². The van der Waals surface area contributed by atoms with E-state index < -0.39 is 0 Å². The first-order valence-corrected chi connectivity index (χ1v) is 6.87. The van der Waals surface area contributed by atoms with Gasteiger partial charge in [0.05, 0.1) is 0 Å².